The molecular weight excluding hydrogens is 233 g/mol. The highest BCUT2D eigenvalue weighted by Gasteiger charge is 2.08. The molecule has 0 aliphatic rings. The fraction of sp³-hybridized carbons (Fsp3) is 0. The summed E-state index contributed by atoms with van der Waals surface area (Å²) < 4.78 is 10.3. The van der Waals surface area contributed by atoms with Crippen molar-refractivity contribution in [1.29, 1.82) is 0 Å². The van der Waals surface area contributed by atoms with Gasteiger partial charge in [-0.2, -0.15) is 0 Å². The van der Waals surface area contributed by atoms with E-state index in [-0.39, 0.29) is 14.0 Å². The molecule has 0 bridgehead atoms. The van der Waals surface area contributed by atoms with Crippen molar-refractivity contribution in [3.05, 3.63) is 0 Å². The van der Waals surface area contributed by atoms with E-state index in [0.717, 1.165) is 7.96 Å². The van der Waals surface area contributed by atoms with Crippen LogP contribution in [-0.4, -0.2) is 0 Å². The third kappa shape index (κ3) is 4.49. The van der Waals surface area contributed by atoms with Gasteiger partial charge in [-0.15, -0.1) is 26.8 Å². The largest absolute Gasteiger partial charge is 0.269 e. The zero-order valence-corrected chi connectivity index (χ0v) is 11.1. The maximum Gasteiger partial charge on any atom is 0.191 e. The summed E-state index contributed by atoms with van der Waals surface area (Å²) in [6.45, 7) is -0.316. The second-order valence-electron chi connectivity index (χ2n) is 0.880. The van der Waals surface area contributed by atoms with E-state index in [0.29, 0.717) is 8.15 Å². The Morgan fingerprint density at radius 3 is 2.00 bits per heavy atom. The Labute approximate surface area is 61.8 Å². The summed E-state index contributed by atoms with van der Waals surface area (Å²) in [5.41, 5.74) is 0. The van der Waals surface area contributed by atoms with Crippen LogP contribution in [0.25, 0.3) is 0 Å². The molecule has 0 aliphatic carbocycles. The van der Waals surface area contributed by atoms with Crippen molar-refractivity contribution in [3.63, 3.8) is 0 Å². The van der Waals surface area contributed by atoms with E-state index in [1.807, 2.05) is 0 Å². The molecule has 0 saturated heterocycles. The highest BCUT2D eigenvalue weighted by molar-refractivity contribution is 8.98. The lowest BCUT2D eigenvalue weighted by Crippen LogP contribution is -1.24. The molecule has 8 heteroatoms. The minimum atomic E-state index is -0.217. The molecule has 0 fully saturated rings. The van der Waals surface area contributed by atoms with Crippen LogP contribution in [0.15, 0.2) is 0 Å². The van der Waals surface area contributed by atoms with Gasteiger partial charge in [0, 0.05) is 6.99 Å². The molecule has 0 aliphatic heterocycles. The van der Waals surface area contributed by atoms with Crippen LogP contribution >= 0.6 is 56.9 Å². The standard InChI is InChI=1S/H7OP7/c1-5-8(6-2)7(3)4/h6H,2-4H2. The van der Waals surface area contributed by atoms with E-state index in [9.17, 15) is 4.57 Å². The topological polar surface area (TPSA) is 17.1 Å². The summed E-state index contributed by atoms with van der Waals surface area (Å²) in [7, 11) is 9.18. The van der Waals surface area contributed by atoms with Crippen molar-refractivity contribution in [2.45, 2.75) is 0 Å². The zero-order chi connectivity index (χ0) is 6.57. The molecule has 0 aromatic heterocycles. The van der Waals surface area contributed by atoms with Crippen LogP contribution in [0.5, 0.6) is 0 Å². The van der Waals surface area contributed by atoms with Gasteiger partial charge < -0.3 is 0 Å². The smallest absolute Gasteiger partial charge is 0.191 e. The molecule has 0 heterocycles. The maximum atomic E-state index is 10.3. The van der Waals surface area contributed by atoms with Gasteiger partial charge in [-0.1, -0.05) is 7.96 Å². The van der Waals surface area contributed by atoms with Crippen LogP contribution < -0.4 is 0 Å². The Morgan fingerprint density at radius 1 is 1.50 bits per heavy atom. The van der Waals surface area contributed by atoms with Gasteiger partial charge in [-0.3, -0.25) is 4.57 Å². The Hall–Kier alpha value is 2.68. The Kier molecular flexibility index (Phi) is 8.54. The van der Waals surface area contributed by atoms with Crippen molar-refractivity contribution in [3.8, 4) is 0 Å². The molecule has 1 nitrogen and oxygen atoms in total. The average molecular weight is 240 g/mol. The molecule has 0 rings (SSSR count). The monoisotopic (exact) mass is 240 g/mol. The second kappa shape index (κ2) is 6.39. The first-order chi connectivity index (χ1) is 3.72. The summed E-state index contributed by atoms with van der Waals surface area (Å²) in [5.74, 6) is 0. The summed E-state index contributed by atoms with van der Waals surface area (Å²) in [6, 6.07) is 0. The lowest BCUT2D eigenvalue weighted by Gasteiger charge is -2.08. The highest BCUT2D eigenvalue weighted by Crippen LogP contribution is 2.93. The van der Waals surface area contributed by atoms with Gasteiger partial charge in [0.15, 0.2) is 8.15 Å². The van der Waals surface area contributed by atoms with Gasteiger partial charge in [0.05, 0.1) is 0 Å². The molecule has 0 spiro atoms. The zero-order valence-electron chi connectivity index (χ0n) is 3.98. The lowest BCUT2D eigenvalue weighted by atomic mass is 16.0. The Balaban J connectivity index is 3.51. The predicted molar refractivity (Wildman–Crippen MR) is 58.9 cm³/mol. The van der Waals surface area contributed by atoms with E-state index in [1.165, 1.54) is 0 Å². The van der Waals surface area contributed by atoms with Crippen molar-refractivity contribution in [2.24, 2.45) is 0 Å². The molecule has 5 atom stereocenters. The van der Waals surface area contributed by atoms with E-state index in [4.69, 9.17) is 0 Å². The Morgan fingerprint density at radius 2 is 2.00 bits per heavy atom. The van der Waals surface area contributed by atoms with Crippen LogP contribution in [0.1, 0.15) is 0 Å². The van der Waals surface area contributed by atoms with Crippen molar-refractivity contribution < 1.29 is 4.57 Å². The van der Waals surface area contributed by atoms with Crippen LogP contribution in [0.3, 0.4) is 0 Å². The van der Waals surface area contributed by atoms with Crippen molar-refractivity contribution >= 4 is 56.9 Å². The molecule has 8 heavy (non-hydrogen) atoms. The molecule has 0 aromatic carbocycles. The van der Waals surface area contributed by atoms with Crippen LogP contribution in [0, 0.1) is 0 Å². The van der Waals surface area contributed by atoms with E-state index < -0.39 is 0 Å². The van der Waals surface area contributed by atoms with Gasteiger partial charge in [0.2, 0.25) is 0 Å². The van der Waals surface area contributed by atoms with Gasteiger partial charge in [-0.05, 0) is 6.99 Å². The third-order valence-corrected chi connectivity index (χ3v) is 29.2. The van der Waals surface area contributed by atoms with Crippen LogP contribution in [-0.2, 0) is 4.57 Å². The Bertz CT molecular complexity index is 66.8. The van der Waals surface area contributed by atoms with Gasteiger partial charge in [0.1, 0.15) is 0 Å². The summed E-state index contributed by atoms with van der Waals surface area (Å²) in [6.07, 6.45) is 0. The summed E-state index contributed by atoms with van der Waals surface area (Å²) in [5, 5.41) is 0. The van der Waals surface area contributed by atoms with E-state index in [1.54, 1.807) is 0 Å². The molecule has 0 N–H and O–H groups in total. The van der Waals surface area contributed by atoms with Gasteiger partial charge in [-0.25, -0.2) is 0 Å². The SMILES string of the molecule is O=PP(PP)P(P)P. The summed E-state index contributed by atoms with van der Waals surface area (Å²) in [4.78, 5) is 0. The maximum absolute atomic E-state index is 10.3. The van der Waals surface area contributed by atoms with E-state index >= 15 is 0 Å². The van der Waals surface area contributed by atoms with Gasteiger partial charge >= 0.3 is 0 Å². The normalized spacial score (nSPS) is 16.5. The molecule has 48 valence electrons. The molecule has 5 unspecified atom stereocenters. The van der Waals surface area contributed by atoms with Crippen LogP contribution in [0.2, 0.25) is 0 Å². The lowest BCUT2D eigenvalue weighted by molar-refractivity contribution is 0.605. The highest BCUT2D eigenvalue weighted by atomic mass is 33.0. The molecule has 0 saturated carbocycles. The minimum absolute atomic E-state index is 0.0993. The molecule has 0 radical (unpaired) electrons. The predicted octanol–water partition coefficient (Wildman–Crippen LogP) is 4.04. The van der Waals surface area contributed by atoms with Gasteiger partial charge in [0.25, 0.3) is 0 Å². The number of rotatable bonds is 3. The van der Waals surface area contributed by atoms with Crippen molar-refractivity contribution in [1.82, 2.24) is 0 Å². The van der Waals surface area contributed by atoms with Crippen LogP contribution in [0.4, 0.5) is 0 Å². The summed E-state index contributed by atoms with van der Waals surface area (Å²) >= 11 is 0. The first-order valence-electron chi connectivity index (χ1n) is 1.61. The third-order valence-electron chi connectivity index (χ3n) is 0.412. The number of hydrogen-bond acceptors (Lipinski definition) is 1. The van der Waals surface area contributed by atoms with E-state index in [2.05, 4.69) is 26.8 Å². The minimum Gasteiger partial charge on any atom is -0.269 e. The second-order valence-corrected chi connectivity index (χ2v) is 22.3. The fourth-order valence-corrected chi connectivity index (χ4v) is 21.5. The number of hydrogen-bond donors (Lipinski definition) is 0. The first kappa shape index (κ1) is 10.7. The van der Waals surface area contributed by atoms with Crippen molar-refractivity contribution in [2.75, 3.05) is 0 Å². The average Bonchev–Trinajstić information content (AvgIpc) is 1.69. The first-order valence-corrected chi connectivity index (χ1v) is 13.4. The molecule has 0 amide bonds. The fourth-order valence-electron chi connectivity index (χ4n) is 0.132. The molecule has 0 aromatic rings. The molecular formula is H7OP7. The quantitative estimate of drug-likeness (QED) is 0.680.